The van der Waals surface area contributed by atoms with Crippen LogP contribution in [0.2, 0.25) is 0 Å². The molecule has 5 rings (SSSR count). The van der Waals surface area contributed by atoms with Crippen LogP contribution in [0.5, 0.6) is 0 Å². The minimum Gasteiger partial charge on any atom is -0.480 e. The van der Waals surface area contributed by atoms with Crippen molar-refractivity contribution in [2.45, 2.75) is 38.9 Å². The normalized spacial score (nSPS) is 15.1. The monoisotopic (exact) mass is 470 g/mol. The molecule has 5 nitrogen and oxygen atoms in total. The predicted molar refractivity (Wildman–Crippen MR) is 132 cm³/mol. The van der Waals surface area contributed by atoms with E-state index in [1.54, 1.807) is 12.1 Å². The summed E-state index contributed by atoms with van der Waals surface area (Å²) in [6.45, 7) is 0.790. The lowest BCUT2D eigenvalue weighted by atomic mass is 9.85. The summed E-state index contributed by atoms with van der Waals surface area (Å²) in [5, 5.41) is 10.5. The zero-order valence-corrected chi connectivity index (χ0v) is 19.4. The molecule has 1 N–H and O–H groups in total. The molecule has 0 fully saturated rings. The number of benzene rings is 3. The van der Waals surface area contributed by atoms with Gasteiger partial charge in [0.1, 0.15) is 12.4 Å². The Bertz CT molecular complexity index is 1360. The van der Waals surface area contributed by atoms with Gasteiger partial charge in [-0.15, -0.1) is 0 Å². The standard InChI is InChI=1S/C29H27FN2O3/c30-23-13-10-21(11-14-23)18-31(17-20-6-2-1-3-7-20)29(35)22-12-15-27-25(16-22)24-8-4-5-9-26(24)32(27)19-28(33)34/h1-11,13-14,22H,12,15-19H2,(H,33,34). The van der Waals surface area contributed by atoms with E-state index in [-0.39, 0.29) is 24.2 Å². The molecule has 0 radical (unpaired) electrons. The number of halogens is 1. The van der Waals surface area contributed by atoms with E-state index < -0.39 is 5.97 Å². The van der Waals surface area contributed by atoms with Crippen molar-refractivity contribution in [3.8, 4) is 0 Å². The van der Waals surface area contributed by atoms with Crippen molar-refractivity contribution in [3.05, 3.63) is 107 Å². The number of hydrogen-bond acceptors (Lipinski definition) is 2. The van der Waals surface area contributed by atoms with Gasteiger partial charge >= 0.3 is 5.97 Å². The highest BCUT2D eigenvalue weighted by Crippen LogP contribution is 2.35. The lowest BCUT2D eigenvalue weighted by Gasteiger charge is -2.30. The van der Waals surface area contributed by atoms with E-state index in [2.05, 4.69) is 0 Å². The average molecular weight is 471 g/mol. The molecule has 0 bridgehead atoms. The Hall–Kier alpha value is -3.93. The maximum absolute atomic E-state index is 13.9. The SMILES string of the molecule is O=C(O)Cn1c2c(c3ccccc31)CC(C(=O)N(Cc1ccccc1)Cc1ccc(F)cc1)CC2. The van der Waals surface area contributed by atoms with Crippen LogP contribution in [0.25, 0.3) is 10.9 Å². The number of aromatic nitrogens is 1. The van der Waals surface area contributed by atoms with Crippen molar-refractivity contribution >= 4 is 22.8 Å². The van der Waals surface area contributed by atoms with Gasteiger partial charge < -0.3 is 14.6 Å². The van der Waals surface area contributed by atoms with Gasteiger partial charge in [-0.1, -0.05) is 60.7 Å². The Labute approximate surface area is 203 Å². The van der Waals surface area contributed by atoms with Crippen molar-refractivity contribution in [1.29, 1.82) is 0 Å². The van der Waals surface area contributed by atoms with E-state index in [0.717, 1.165) is 33.3 Å². The molecule has 1 amide bonds. The van der Waals surface area contributed by atoms with Gasteiger partial charge in [-0.25, -0.2) is 4.39 Å². The molecule has 1 aliphatic carbocycles. The van der Waals surface area contributed by atoms with E-state index in [1.807, 2.05) is 64.1 Å². The van der Waals surface area contributed by atoms with Gasteiger partial charge in [-0.3, -0.25) is 9.59 Å². The van der Waals surface area contributed by atoms with Crippen molar-refractivity contribution in [3.63, 3.8) is 0 Å². The molecule has 1 atom stereocenters. The number of amides is 1. The van der Waals surface area contributed by atoms with Crippen LogP contribution in [0, 0.1) is 11.7 Å². The molecule has 1 heterocycles. The van der Waals surface area contributed by atoms with Crippen molar-refractivity contribution < 1.29 is 19.1 Å². The predicted octanol–water partition coefficient (Wildman–Crippen LogP) is 5.20. The molecule has 0 aliphatic heterocycles. The molecular weight excluding hydrogens is 443 g/mol. The number of para-hydroxylation sites is 1. The van der Waals surface area contributed by atoms with Gasteiger partial charge in [-0.05, 0) is 54.2 Å². The quantitative estimate of drug-likeness (QED) is 0.404. The van der Waals surface area contributed by atoms with Gasteiger partial charge in [0.15, 0.2) is 0 Å². The fraction of sp³-hybridized carbons (Fsp3) is 0.241. The minimum absolute atomic E-state index is 0.0684. The summed E-state index contributed by atoms with van der Waals surface area (Å²) in [5.74, 6) is -1.30. The van der Waals surface area contributed by atoms with Gasteiger partial charge in [0, 0.05) is 35.6 Å². The smallest absolute Gasteiger partial charge is 0.323 e. The van der Waals surface area contributed by atoms with Gasteiger partial charge in [0.25, 0.3) is 0 Å². The Kier molecular flexibility index (Phi) is 6.36. The van der Waals surface area contributed by atoms with E-state index in [1.165, 1.54) is 12.1 Å². The second kappa shape index (κ2) is 9.74. The molecule has 1 aliphatic rings. The summed E-state index contributed by atoms with van der Waals surface area (Å²) >= 11 is 0. The highest BCUT2D eigenvalue weighted by Gasteiger charge is 2.32. The van der Waals surface area contributed by atoms with E-state index in [9.17, 15) is 19.1 Å². The Morgan fingerprint density at radius 1 is 0.914 bits per heavy atom. The molecule has 0 spiro atoms. The minimum atomic E-state index is -0.875. The number of carboxylic acid groups (broad SMARTS) is 1. The van der Waals surface area contributed by atoms with Crippen LogP contribution in [-0.4, -0.2) is 26.5 Å². The maximum Gasteiger partial charge on any atom is 0.323 e. The maximum atomic E-state index is 13.9. The van der Waals surface area contributed by atoms with E-state index >= 15 is 0 Å². The van der Waals surface area contributed by atoms with E-state index in [4.69, 9.17) is 0 Å². The first-order chi connectivity index (χ1) is 17.0. The van der Waals surface area contributed by atoms with Crippen LogP contribution in [0.15, 0.2) is 78.9 Å². The molecule has 0 saturated heterocycles. The summed E-state index contributed by atoms with van der Waals surface area (Å²) in [7, 11) is 0. The molecule has 35 heavy (non-hydrogen) atoms. The van der Waals surface area contributed by atoms with Crippen LogP contribution in [0.4, 0.5) is 4.39 Å². The number of hydrogen-bond donors (Lipinski definition) is 1. The largest absolute Gasteiger partial charge is 0.480 e. The fourth-order valence-electron chi connectivity index (χ4n) is 5.21. The summed E-state index contributed by atoms with van der Waals surface area (Å²) in [5.41, 5.74) is 4.92. The summed E-state index contributed by atoms with van der Waals surface area (Å²) in [4.78, 5) is 27.2. The Morgan fingerprint density at radius 2 is 1.57 bits per heavy atom. The molecular formula is C29H27FN2O3. The fourth-order valence-corrected chi connectivity index (χ4v) is 5.21. The highest BCUT2D eigenvalue weighted by molar-refractivity contribution is 5.88. The van der Waals surface area contributed by atoms with Gasteiger partial charge in [0.05, 0.1) is 0 Å². The first-order valence-electron chi connectivity index (χ1n) is 11.9. The summed E-state index contributed by atoms with van der Waals surface area (Å²) < 4.78 is 15.3. The lowest BCUT2D eigenvalue weighted by Crippen LogP contribution is -2.38. The molecule has 3 aromatic carbocycles. The molecule has 178 valence electrons. The Balaban J connectivity index is 1.44. The third-order valence-corrected chi connectivity index (χ3v) is 6.83. The van der Waals surface area contributed by atoms with Crippen LogP contribution < -0.4 is 0 Å². The number of carbonyl (C=O) groups is 2. The molecule has 4 aromatic rings. The van der Waals surface area contributed by atoms with Crippen LogP contribution >= 0.6 is 0 Å². The van der Waals surface area contributed by atoms with Gasteiger partial charge in [0.2, 0.25) is 5.91 Å². The molecule has 1 aromatic heterocycles. The second-order valence-corrected chi connectivity index (χ2v) is 9.17. The summed E-state index contributed by atoms with van der Waals surface area (Å²) in [6, 6.07) is 24.0. The third kappa shape index (κ3) is 4.83. The number of rotatable bonds is 7. The first kappa shape index (κ1) is 22.8. The second-order valence-electron chi connectivity index (χ2n) is 9.17. The van der Waals surface area contributed by atoms with Gasteiger partial charge in [-0.2, -0.15) is 0 Å². The third-order valence-electron chi connectivity index (χ3n) is 6.83. The van der Waals surface area contributed by atoms with Crippen LogP contribution in [0.3, 0.4) is 0 Å². The molecule has 6 heteroatoms. The summed E-state index contributed by atoms with van der Waals surface area (Å²) in [6.07, 6.45) is 1.90. The van der Waals surface area contributed by atoms with E-state index in [0.29, 0.717) is 32.4 Å². The molecule has 1 unspecified atom stereocenters. The van der Waals surface area contributed by atoms with Crippen LogP contribution in [-0.2, 0) is 42.1 Å². The van der Waals surface area contributed by atoms with Crippen molar-refractivity contribution in [1.82, 2.24) is 9.47 Å². The zero-order valence-electron chi connectivity index (χ0n) is 19.4. The number of carboxylic acids is 1. The number of nitrogens with zero attached hydrogens (tertiary/aromatic N) is 2. The van der Waals surface area contributed by atoms with Crippen LogP contribution in [0.1, 0.15) is 28.8 Å². The number of fused-ring (bicyclic) bond motifs is 3. The first-order valence-corrected chi connectivity index (χ1v) is 11.9. The topological polar surface area (TPSA) is 62.5 Å². The molecule has 0 saturated carbocycles. The number of aliphatic carboxylic acids is 1. The van der Waals surface area contributed by atoms with Crippen molar-refractivity contribution in [2.24, 2.45) is 5.92 Å². The van der Waals surface area contributed by atoms with Crippen molar-refractivity contribution in [2.75, 3.05) is 0 Å². The zero-order chi connectivity index (χ0) is 24.4. The lowest BCUT2D eigenvalue weighted by molar-refractivity contribution is -0.138. The average Bonchev–Trinajstić information content (AvgIpc) is 3.17. The number of carbonyl (C=O) groups excluding carboxylic acids is 1. The Morgan fingerprint density at radius 3 is 2.29 bits per heavy atom. The highest BCUT2D eigenvalue weighted by atomic mass is 19.1.